The number of benzene rings is 1. The molecular formula is C16H19N3O. The highest BCUT2D eigenvalue weighted by Gasteiger charge is 2.03. The molecule has 0 fully saturated rings. The lowest BCUT2D eigenvalue weighted by Gasteiger charge is -2.04. The van der Waals surface area contributed by atoms with Crippen molar-refractivity contribution in [3.05, 3.63) is 54.8 Å². The maximum atomic E-state index is 5.53. The summed E-state index contributed by atoms with van der Waals surface area (Å²) in [6.45, 7) is 2.92. The van der Waals surface area contributed by atoms with Crippen molar-refractivity contribution in [2.45, 2.75) is 25.9 Å². The van der Waals surface area contributed by atoms with E-state index < -0.39 is 0 Å². The first-order chi connectivity index (χ1) is 9.93. The Balaban J connectivity index is 1.39. The average molecular weight is 269 g/mol. The fourth-order valence-electron chi connectivity index (χ4n) is 2.36. The van der Waals surface area contributed by atoms with Crippen LogP contribution in [0, 0.1) is 0 Å². The molecule has 0 unspecified atom stereocenters. The molecule has 1 N–H and O–H groups in total. The van der Waals surface area contributed by atoms with Gasteiger partial charge in [-0.05, 0) is 25.5 Å². The molecule has 1 aromatic carbocycles. The molecule has 3 aromatic rings. The van der Waals surface area contributed by atoms with E-state index >= 15 is 0 Å². The number of aromatic nitrogens is 2. The molecule has 0 radical (unpaired) electrons. The second-order valence-electron chi connectivity index (χ2n) is 4.94. The molecule has 0 spiro atoms. The predicted molar refractivity (Wildman–Crippen MR) is 79.4 cm³/mol. The van der Waals surface area contributed by atoms with E-state index in [9.17, 15) is 0 Å². The van der Waals surface area contributed by atoms with Gasteiger partial charge >= 0.3 is 0 Å². The van der Waals surface area contributed by atoms with Gasteiger partial charge < -0.3 is 14.3 Å². The molecule has 0 bridgehead atoms. The Kier molecular flexibility index (Phi) is 4.13. The molecule has 0 aliphatic carbocycles. The standard InChI is InChI=1S/C16H19N3O/c1-2-6-16-15(5-1)14(12-20-16)11-17-7-3-4-9-19-10-8-18-13-19/h1-2,5-6,8,10,12-13,17H,3-4,7,9,11H2. The monoisotopic (exact) mass is 269 g/mol. The Morgan fingerprint density at radius 1 is 1.20 bits per heavy atom. The van der Waals surface area contributed by atoms with Gasteiger partial charge in [-0.2, -0.15) is 0 Å². The molecule has 3 rings (SSSR count). The van der Waals surface area contributed by atoms with Crippen LogP contribution in [0.1, 0.15) is 18.4 Å². The van der Waals surface area contributed by atoms with Crippen molar-refractivity contribution < 1.29 is 4.42 Å². The van der Waals surface area contributed by atoms with Crippen LogP contribution in [-0.2, 0) is 13.1 Å². The minimum absolute atomic E-state index is 0.863. The average Bonchev–Trinajstić information content (AvgIpc) is 3.12. The molecule has 104 valence electrons. The number of hydrogen-bond donors (Lipinski definition) is 1. The van der Waals surface area contributed by atoms with Crippen LogP contribution in [0.3, 0.4) is 0 Å². The van der Waals surface area contributed by atoms with Crippen LogP contribution in [0.5, 0.6) is 0 Å². The lowest BCUT2D eigenvalue weighted by molar-refractivity contribution is 0.563. The number of furan rings is 1. The summed E-state index contributed by atoms with van der Waals surface area (Å²) in [5.74, 6) is 0. The number of fused-ring (bicyclic) bond motifs is 1. The van der Waals surface area contributed by atoms with E-state index in [-0.39, 0.29) is 0 Å². The minimum atomic E-state index is 0.863. The maximum absolute atomic E-state index is 5.53. The van der Waals surface area contributed by atoms with Crippen LogP contribution >= 0.6 is 0 Å². The molecular weight excluding hydrogens is 250 g/mol. The smallest absolute Gasteiger partial charge is 0.134 e. The number of hydrogen-bond acceptors (Lipinski definition) is 3. The lowest BCUT2D eigenvalue weighted by Crippen LogP contribution is -2.14. The van der Waals surface area contributed by atoms with Gasteiger partial charge in [0, 0.05) is 36.4 Å². The summed E-state index contributed by atoms with van der Waals surface area (Å²) in [6, 6.07) is 8.16. The third-order valence-electron chi connectivity index (χ3n) is 3.46. The van der Waals surface area contributed by atoms with E-state index in [0.29, 0.717) is 0 Å². The highest BCUT2D eigenvalue weighted by Crippen LogP contribution is 2.20. The Hall–Kier alpha value is -2.07. The zero-order valence-electron chi connectivity index (χ0n) is 11.5. The van der Waals surface area contributed by atoms with Gasteiger partial charge in [0.15, 0.2) is 0 Å². The molecule has 0 saturated heterocycles. The summed E-state index contributed by atoms with van der Waals surface area (Å²) in [5.41, 5.74) is 2.19. The molecule has 2 aromatic heterocycles. The Morgan fingerprint density at radius 2 is 2.15 bits per heavy atom. The van der Waals surface area contributed by atoms with Crippen molar-refractivity contribution in [1.29, 1.82) is 0 Å². The number of nitrogens with zero attached hydrogens (tertiary/aromatic N) is 2. The number of rotatable bonds is 7. The quantitative estimate of drug-likeness (QED) is 0.670. The summed E-state index contributed by atoms with van der Waals surface area (Å²) in [7, 11) is 0. The fraction of sp³-hybridized carbons (Fsp3) is 0.312. The second-order valence-corrected chi connectivity index (χ2v) is 4.94. The first kappa shape index (κ1) is 12.9. The maximum Gasteiger partial charge on any atom is 0.134 e. The number of aryl methyl sites for hydroxylation is 1. The fourth-order valence-corrected chi connectivity index (χ4v) is 2.36. The van der Waals surface area contributed by atoms with E-state index in [2.05, 4.69) is 20.9 Å². The van der Waals surface area contributed by atoms with Crippen molar-refractivity contribution >= 4 is 11.0 Å². The van der Waals surface area contributed by atoms with Crippen molar-refractivity contribution in [2.24, 2.45) is 0 Å². The first-order valence-electron chi connectivity index (χ1n) is 7.05. The second kappa shape index (κ2) is 6.39. The van der Waals surface area contributed by atoms with E-state index in [1.807, 2.05) is 43.2 Å². The van der Waals surface area contributed by atoms with Gasteiger partial charge in [-0.25, -0.2) is 4.98 Å². The molecule has 0 aliphatic rings. The van der Waals surface area contributed by atoms with Gasteiger partial charge in [0.25, 0.3) is 0 Å². The summed E-state index contributed by atoms with van der Waals surface area (Å²) < 4.78 is 7.64. The third kappa shape index (κ3) is 3.08. The summed E-state index contributed by atoms with van der Waals surface area (Å²) in [6.07, 6.45) is 9.87. The molecule has 2 heterocycles. The van der Waals surface area contributed by atoms with E-state index in [1.165, 1.54) is 10.9 Å². The minimum Gasteiger partial charge on any atom is -0.464 e. The number of unbranched alkanes of at least 4 members (excludes halogenated alkanes) is 1. The molecule has 4 nitrogen and oxygen atoms in total. The topological polar surface area (TPSA) is 43.0 Å². The predicted octanol–water partition coefficient (Wildman–Crippen LogP) is 3.20. The molecule has 0 saturated carbocycles. The highest BCUT2D eigenvalue weighted by atomic mass is 16.3. The number of imidazole rings is 1. The van der Waals surface area contributed by atoms with Crippen molar-refractivity contribution in [3.63, 3.8) is 0 Å². The Bertz CT molecular complexity index is 643. The normalized spacial score (nSPS) is 11.2. The summed E-state index contributed by atoms with van der Waals surface area (Å²) in [4.78, 5) is 4.04. The van der Waals surface area contributed by atoms with Crippen LogP contribution in [0.4, 0.5) is 0 Å². The van der Waals surface area contributed by atoms with Crippen LogP contribution in [-0.4, -0.2) is 16.1 Å². The van der Waals surface area contributed by atoms with Crippen LogP contribution in [0.15, 0.2) is 53.7 Å². The van der Waals surface area contributed by atoms with Gasteiger partial charge in [0.2, 0.25) is 0 Å². The Labute approximate surface area is 118 Å². The van der Waals surface area contributed by atoms with Gasteiger partial charge in [-0.15, -0.1) is 0 Å². The first-order valence-corrected chi connectivity index (χ1v) is 7.05. The summed E-state index contributed by atoms with van der Waals surface area (Å²) >= 11 is 0. The van der Waals surface area contributed by atoms with Gasteiger partial charge in [-0.1, -0.05) is 18.2 Å². The van der Waals surface area contributed by atoms with Gasteiger partial charge in [0.05, 0.1) is 12.6 Å². The third-order valence-corrected chi connectivity index (χ3v) is 3.46. The molecule has 0 atom stereocenters. The number of para-hydroxylation sites is 1. The zero-order valence-corrected chi connectivity index (χ0v) is 11.5. The number of nitrogens with one attached hydrogen (secondary N) is 1. The van der Waals surface area contributed by atoms with Crippen molar-refractivity contribution in [2.75, 3.05) is 6.54 Å². The SMILES string of the molecule is c1ccc2c(CNCCCCn3ccnc3)coc2c1. The molecule has 20 heavy (non-hydrogen) atoms. The van der Waals surface area contributed by atoms with E-state index in [1.54, 1.807) is 0 Å². The van der Waals surface area contributed by atoms with Gasteiger partial charge in [0.1, 0.15) is 5.58 Å². The molecule has 0 amide bonds. The highest BCUT2D eigenvalue weighted by molar-refractivity contribution is 5.80. The van der Waals surface area contributed by atoms with Crippen LogP contribution < -0.4 is 5.32 Å². The van der Waals surface area contributed by atoms with Crippen LogP contribution in [0.25, 0.3) is 11.0 Å². The van der Waals surface area contributed by atoms with E-state index in [4.69, 9.17) is 4.42 Å². The molecule has 4 heteroatoms. The zero-order chi connectivity index (χ0) is 13.6. The van der Waals surface area contributed by atoms with Crippen molar-refractivity contribution in [3.8, 4) is 0 Å². The largest absolute Gasteiger partial charge is 0.464 e. The van der Waals surface area contributed by atoms with Crippen LogP contribution in [0.2, 0.25) is 0 Å². The lowest BCUT2D eigenvalue weighted by atomic mass is 10.2. The van der Waals surface area contributed by atoms with Crippen molar-refractivity contribution in [1.82, 2.24) is 14.9 Å². The Morgan fingerprint density at radius 3 is 3.05 bits per heavy atom. The summed E-state index contributed by atoms with van der Waals surface area (Å²) in [5, 5.41) is 4.68. The van der Waals surface area contributed by atoms with Gasteiger partial charge in [-0.3, -0.25) is 0 Å². The van der Waals surface area contributed by atoms with E-state index in [0.717, 1.165) is 38.1 Å². The molecule has 0 aliphatic heterocycles.